The highest BCUT2D eigenvalue weighted by molar-refractivity contribution is 5.71. The number of hydrogen-bond donors (Lipinski definition) is 0. The fraction of sp³-hybridized carbons (Fsp3) is 0.800. The minimum Gasteiger partial charge on any atom is -0.462 e. The van der Waals surface area contributed by atoms with Gasteiger partial charge < -0.3 is 14.2 Å². The summed E-state index contributed by atoms with van der Waals surface area (Å²) < 4.78 is 16.8. The molecule has 412 valence electrons. The molecule has 0 aliphatic heterocycles. The van der Waals surface area contributed by atoms with Crippen LogP contribution in [0.15, 0.2) is 60.8 Å². The maximum Gasteiger partial charge on any atom is 0.306 e. The third-order valence-corrected chi connectivity index (χ3v) is 13.5. The molecular weight excluding hydrogens is 877 g/mol. The van der Waals surface area contributed by atoms with Crippen molar-refractivity contribution in [1.29, 1.82) is 0 Å². The van der Waals surface area contributed by atoms with Crippen molar-refractivity contribution in [1.82, 2.24) is 0 Å². The second-order valence-corrected chi connectivity index (χ2v) is 20.6. The SMILES string of the molecule is CC/C=C\C/C=C\C/C=C\C/C=C\C/C=C\CCCCCCCCCCCCCCCCCCCCCC(=O)OCC(COC(=O)CCCCCCCCCC)OC(=O)CCCCCCCCCCCC. The maximum atomic E-state index is 12.7. The summed E-state index contributed by atoms with van der Waals surface area (Å²) in [4.78, 5) is 37.9. The van der Waals surface area contributed by atoms with E-state index in [1.165, 1.54) is 186 Å². The normalized spacial score (nSPS) is 12.4. The molecular formula is C65H116O6. The summed E-state index contributed by atoms with van der Waals surface area (Å²) in [5.74, 6) is -0.859. The van der Waals surface area contributed by atoms with Gasteiger partial charge in [0.2, 0.25) is 0 Å². The number of rotatable bonds is 56. The zero-order chi connectivity index (χ0) is 51.4. The first kappa shape index (κ1) is 68.1. The Balaban J connectivity index is 3.90. The highest BCUT2D eigenvalue weighted by atomic mass is 16.6. The number of ether oxygens (including phenoxy) is 3. The maximum absolute atomic E-state index is 12.7. The van der Waals surface area contributed by atoms with Crippen LogP contribution in [0.2, 0.25) is 0 Å². The van der Waals surface area contributed by atoms with E-state index < -0.39 is 6.10 Å². The van der Waals surface area contributed by atoms with Crippen LogP contribution in [0.1, 0.15) is 316 Å². The smallest absolute Gasteiger partial charge is 0.306 e. The lowest BCUT2D eigenvalue weighted by Gasteiger charge is -2.18. The molecule has 0 saturated carbocycles. The standard InChI is InChI=1S/C65H116O6/c1-4-7-10-13-16-19-21-22-23-24-25-26-27-28-29-30-31-32-33-34-35-36-37-38-39-40-41-42-43-44-45-47-49-52-55-58-64(67)70-61-62(60-69-63(66)57-54-51-48-18-15-12-9-6-3)71-65(68)59-56-53-50-46-20-17-14-11-8-5-2/h7,10,16,19,22-23,25-26,28-29,62H,4-6,8-9,11-15,17-18,20-21,24,27,30-61H2,1-3H3/b10-7-,19-16-,23-22-,26-25-,29-28-. The molecule has 6 heteroatoms. The van der Waals surface area contributed by atoms with Crippen molar-refractivity contribution in [2.45, 2.75) is 322 Å². The molecule has 0 aromatic rings. The van der Waals surface area contributed by atoms with Crippen molar-refractivity contribution in [3.05, 3.63) is 60.8 Å². The molecule has 0 saturated heterocycles. The van der Waals surface area contributed by atoms with Gasteiger partial charge in [0.05, 0.1) is 0 Å². The molecule has 0 aliphatic rings. The molecule has 71 heavy (non-hydrogen) atoms. The summed E-state index contributed by atoms with van der Waals surface area (Å²) >= 11 is 0. The number of hydrogen-bond acceptors (Lipinski definition) is 6. The first-order valence-electron chi connectivity index (χ1n) is 30.8. The largest absolute Gasteiger partial charge is 0.462 e. The Kier molecular flexibility index (Phi) is 57.2. The highest BCUT2D eigenvalue weighted by Gasteiger charge is 2.19. The Morgan fingerprint density at radius 3 is 0.859 bits per heavy atom. The lowest BCUT2D eigenvalue weighted by Crippen LogP contribution is -2.30. The van der Waals surface area contributed by atoms with Crippen LogP contribution in [0, 0.1) is 0 Å². The van der Waals surface area contributed by atoms with Crippen molar-refractivity contribution < 1.29 is 28.6 Å². The molecule has 1 unspecified atom stereocenters. The van der Waals surface area contributed by atoms with Crippen LogP contribution in [-0.4, -0.2) is 37.2 Å². The van der Waals surface area contributed by atoms with E-state index in [1.807, 2.05) is 0 Å². The van der Waals surface area contributed by atoms with Crippen molar-refractivity contribution in [3.63, 3.8) is 0 Å². The summed E-state index contributed by atoms with van der Waals surface area (Å²) in [7, 11) is 0. The first-order chi connectivity index (χ1) is 35.0. The van der Waals surface area contributed by atoms with E-state index in [9.17, 15) is 14.4 Å². The second kappa shape index (κ2) is 59.7. The van der Waals surface area contributed by atoms with Gasteiger partial charge in [-0.2, -0.15) is 0 Å². The van der Waals surface area contributed by atoms with E-state index in [0.717, 1.165) is 89.9 Å². The number of carbonyl (C=O) groups excluding carboxylic acids is 3. The van der Waals surface area contributed by atoms with Gasteiger partial charge in [0, 0.05) is 19.3 Å². The Bertz CT molecular complexity index is 1280. The number of unbranched alkanes of at least 4 members (excludes halogenated alkanes) is 35. The number of allylic oxidation sites excluding steroid dienone is 10. The predicted octanol–water partition coefficient (Wildman–Crippen LogP) is 20.8. The van der Waals surface area contributed by atoms with Crippen molar-refractivity contribution in [2.24, 2.45) is 0 Å². The van der Waals surface area contributed by atoms with E-state index in [2.05, 4.69) is 81.5 Å². The lowest BCUT2D eigenvalue weighted by molar-refractivity contribution is -0.167. The van der Waals surface area contributed by atoms with Gasteiger partial charge in [-0.25, -0.2) is 0 Å². The molecule has 6 nitrogen and oxygen atoms in total. The third-order valence-electron chi connectivity index (χ3n) is 13.5. The second-order valence-electron chi connectivity index (χ2n) is 20.6. The van der Waals surface area contributed by atoms with Crippen LogP contribution in [0.4, 0.5) is 0 Å². The summed E-state index contributed by atoms with van der Waals surface area (Å²) in [6.45, 7) is 6.51. The monoisotopic (exact) mass is 993 g/mol. The fourth-order valence-corrected chi connectivity index (χ4v) is 8.94. The molecule has 0 fully saturated rings. The topological polar surface area (TPSA) is 78.9 Å². The van der Waals surface area contributed by atoms with Crippen LogP contribution in [0.3, 0.4) is 0 Å². The summed E-state index contributed by atoms with van der Waals surface area (Å²) in [6, 6.07) is 0. The molecule has 0 heterocycles. The van der Waals surface area contributed by atoms with E-state index in [1.54, 1.807) is 0 Å². The third kappa shape index (κ3) is 57.9. The summed E-state index contributed by atoms with van der Waals surface area (Å²) in [5, 5.41) is 0. The van der Waals surface area contributed by atoms with Crippen LogP contribution in [-0.2, 0) is 28.6 Å². The van der Waals surface area contributed by atoms with Crippen molar-refractivity contribution in [2.75, 3.05) is 13.2 Å². The van der Waals surface area contributed by atoms with Crippen LogP contribution in [0.5, 0.6) is 0 Å². The molecule has 0 spiro atoms. The Morgan fingerprint density at radius 1 is 0.296 bits per heavy atom. The van der Waals surface area contributed by atoms with Crippen LogP contribution >= 0.6 is 0 Å². The molecule has 0 aromatic heterocycles. The van der Waals surface area contributed by atoms with E-state index in [4.69, 9.17) is 14.2 Å². The molecule has 0 bridgehead atoms. The first-order valence-corrected chi connectivity index (χ1v) is 30.8. The quantitative estimate of drug-likeness (QED) is 0.0261. The van der Waals surface area contributed by atoms with E-state index >= 15 is 0 Å². The van der Waals surface area contributed by atoms with Gasteiger partial charge in [-0.3, -0.25) is 14.4 Å². The van der Waals surface area contributed by atoms with Crippen molar-refractivity contribution >= 4 is 17.9 Å². The minimum absolute atomic E-state index is 0.0675. The van der Waals surface area contributed by atoms with Gasteiger partial charge in [0.25, 0.3) is 0 Å². The van der Waals surface area contributed by atoms with Gasteiger partial charge in [-0.1, -0.05) is 293 Å². The molecule has 0 aromatic carbocycles. The molecule has 0 radical (unpaired) electrons. The fourth-order valence-electron chi connectivity index (χ4n) is 8.94. The minimum atomic E-state index is -0.764. The zero-order valence-corrected chi connectivity index (χ0v) is 47.2. The van der Waals surface area contributed by atoms with Crippen LogP contribution in [0.25, 0.3) is 0 Å². The molecule has 0 aliphatic carbocycles. The van der Waals surface area contributed by atoms with Gasteiger partial charge in [-0.05, 0) is 64.2 Å². The molecule has 0 N–H and O–H groups in total. The number of esters is 3. The lowest BCUT2D eigenvalue weighted by atomic mass is 10.0. The average Bonchev–Trinajstić information content (AvgIpc) is 3.37. The van der Waals surface area contributed by atoms with Gasteiger partial charge in [0.15, 0.2) is 6.10 Å². The van der Waals surface area contributed by atoms with Crippen molar-refractivity contribution in [3.8, 4) is 0 Å². The Morgan fingerprint density at radius 2 is 0.549 bits per heavy atom. The average molecular weight is 994 g/mol. The van der Waals surface area contributed by atoms with Gasteiger partial charge in [-0.15, -0.1) is 0 Å². The summed E-state index contributed by atoms with van der Waals surface area (Å²) in [5.41, 5.74) is 0. The highest BCUT2D eigenvalue weighted by Crippen LogP contribution is 2.17. The predicted molar refractivity (Wildman–Crippen MR) is 307 cm³/mol. The molecule has 0 rings (SSSR count). The molecule has 0 amide bonds. The van der Waals surface area contributed by atoms with E-state index in [-0.39, 0.29) is 31.1 Å². The van der Waals surface area contributed by atoms with Gasteiger partial charge >= 0.3 is 17.9 Å². The van der Waals surface area contributed by atoms with E-state index in [0.29, 0.717) is 19.3 Å². The number of carbonyl (C=O) groups is 3. The van der Waals surface area contributed by atoms with Gasteiger partial charge in [0.1, 0.15) is 13.2 Å². The molecule has 1 atom stereocenters. The Hall–Kier alpha value is -2.89. The van der Waals surface area contributed by atoms with Crippen LogP contribution < -0.4 is 0 Å². The Labute approximate surface area is 440 Å². The summed E-state index contributed by atoms with van der Waals surface area (Å²) in [6.07, 6.45) is 75.5. The zero-order valence-electron chi connectivity index (χ0n) is 47.2.